The normalized spacial score (nSPS) is 20.0. The van der Waals surface area contributed by atoms with Crippen molar-refractivity contribution in [1.82, 2.24) is 4.72 Å². The molecule has 1 fully saturated rings. The summed E-state index contributed by atoms with van der Waals surface area (Å²) in [7, 11) is -3.10. The molecular formula is C9H20N2O2S. The standard InChI is InChI=1S/C9H20N2O2S/c1-7(2)9(5-10)11-14(12,13)6-8-3-4-8/h7-9,11H,3-6,10H2,1-2H3. The summed E-state index contributed by atoms with van der Waals surface area (Å²) in [6.07, 6.45) is 2.10. The summed E-state index contributed by atoms with van der Waals surface area (Å²) in [5.74, 6) is 0.906. The first-order valence-electron chi connectivity index (χ1n) is 5.14. The third-order valence-electron chi connectivity index (χ3n) is 2.54. The van der Waals surface area contributed by atoms with Crippen LogP contribution in [0.1, 0.15) is 26.7 Å². The molecule has 1 aliphatic rings. The van der Waals surface area contributed by atoms with E-state index in [4.69, 9.17) is 5.73 Å². The Morgan fingerprint density at radius 1 is 1.43 bits per heavy atom. The van der Waals surface area contributed by atoms with Gasteiger partial charge >= 0.3 is 0 Å². The van der Waals surface area contributed by atoms with Gasteiger partial charge in [-0.25, -0.2) is 13.1 Å². The molecule has 1 saturated carbocycles. The molecule has 0 saturated heterocycles. The van der Waals surface area contributed by atoms with Crippen LogP contribution in [0, 0.1) is 11.8 Å². The Kier molecular flexibility index (Phi) is 3.92. The number of hydrogen-bond donors (Lipinski definition) is 2. The zero-order valence-corrected chi connectivity index (χ0v) is 9.68. The monoisotopic (exact) mass is 220 g/mol. The maximum atomic E-state index is 11.6. The molecule has 5 heteroatoms. The van der Waals surface area contributed by atoms with Gasteiger partial charge in [0.05, 0.1) is 5.75 Å². The molecule has 1 unspecified atom stereocenters. The molecule has 1 rings (SSSR count). The van der Waals surface area contributed by atoms with Crippen LogP contribution in [-0.4, -0.2) is 26.8 Å². The average Bonchev–Trinajstić information content (AvgIpc) is 2.82. The number of nitrogens with two attached hydrogens (primary N) is 1. The van der Waals surface area contributed by atoms with E-state index in [0.717, 1.165) is 12.8 Å². The van der Waals surface area contributed by atoms with Crippen molar-refractivity contribution < 1.29 is 8.42 Å². The highest BCUT2D eigenvalue weighted by atomic mass is 32.2. The van der Waals surface area contributed by atoms with Crippen molar-refractivity contribution in [2.24, 2.45) is 17.6 Å². The Hall–Kier alpha value is -0.130. The van der Waals surface area contributed by atoms with Crippen molar-refractivity contribution in [2.45, 2.75) is 32.7 Å². The topological polar surface area (TPSA) is 72.2 Å². The van der Waals surface area contributed by atoms with Gasteiger partial charge in [0.2, 0.25) is 10.0 Å². The van der Waals surface area contributed by atoms with Crippen LogP contribution in [0.25, 0.3) is 0 Å². The van der Waals surface area contributed by atoms with Gasteiger partial charge in [0, 0.05) is 12.6 Å². The van der Waals surface area contributed by atoms with Crippen LogP contribution in [0.2, 0.25) is 0 Å². The zero-order chi connectivity index (χ0) is 10.8. The second kappa shape index (κ2) is 4.59. The molecule has 0 amide bonds. The van der Waals surface area contributed by atoms with E-state index < -0.39 is 10.0 Å². The highest BCUT2D eigenvalue weighted by molar-refractivity contribution is 7.89. The van der Waals surface area contributed by atoms with Gasteiger partial charge in [0.25, 0.3) is 0 Å². The van der Waals surface area contributed by atoms with Gasteiger partial charge < -0.3 is 5.73 Å². The van der Waals surface area contributed by atoms with Gasteiger partial charge in [-0.05, 0) is 24.7 Å². The van der Waals surface area contributed by atoms with Crippen molar-refractivity contribution in [1.29, 1.82) is 0 Å². The van der Waals surface area contributed by atoms with Crippen LogP contribution in [0.3, 0.4) is 0 Å². The summed E-state index contributed by atoms with van der Waals surface area (Å²) >= 11 is 0. The van der Waals surface area contributed by atoms with E-state index in [2.05, 4.69) is 4.72 Å². The Balaban J connectivity index is 2.46. The van der Waals surface area contributed by atoms with Gasteiger partial charge in [0.15, 0.2) is 0 Å². The van der Waals surface area contributed by atoms with Crippen LogP contribution < -0.4 is 10.5 Å². The highest BCUT2D eigenvalue weighted by Crippen LogP contribution is 2.30. The smallest absolute Gasteiger partial charge is 0.212 e. The first-order valence-corrected chi connectivity index (χ1v) is 6.80. The van der Waals surface area contributed by atoms with Crippen molar-refractivity contribution in [3.63, 3.8) is 0 Å². The summed E-state index contributed by atoms with van der Waals surface area (Å²) in [5.41, 5.74) is 5.50. The molecule has 14 heavy (non-hydrogen) atoms. The lowest BCUT2D eigenvalue weighted by Gasteiger charge is -2.20. The summed E-state index contributed by atoms with van der Waals surface area (Å²) in [6.45, 7) is 4.30. The predicted octanol–water partition coefficient (Wildman–Crippen LogP) is 0.299. The fraction of sp³-hybridized carbons (Fsp3) is 1.00. The minimum atomic E-state index is -3.10. The minimum Gasteiger partial charge on any atom is -0.329 e. The molecule has 0 aliphatic heterocycles. The lowest BCUT2D eigenvalue weighted by molar-refractivity contribution is 0.454. The van der Waals surface area contributed by atoms with E-state index in [9.17, 15) is 8.42 Å². The van der Waals surface area contributed by atoms with Crippen LogP contribution in [0.15, 0.2) is 0 Å². The van der Waals surface area contributed by atoms with E-state index in [1.807, 2.05) is 13.8 Å². The van der Waals surface area contributed by atoms with Crippen LogP contribution >= 0.6 is 0 Å². The van der Waals surface area contributed by atoms with Crippen molar-refractivity contribution >= 4 is 10.0 Å². The molecule has 1 atom stereocenters. The number of rotatable bonds is 6. The molecule has 0 aromatic carbocycles. The van der Waals surface area contributed by atoms with Crippen molar-refractivity contribution in [3.8, 4) is 0 Å². The first-order chi connectivity index (χ1) is 6.44. The Labute approximate surface area is 86.3 Å². The Bertz CT molecular complexity index is 271. The molecule has 0 spiro atoms. The van der Waals surface area contributed by atoms with Gasteiger partial charge in [-0.2, -0.15) is 0 Å². The van der Waals surface area contributed by atoms with E-state index in [1.54, 1.807) is 0 Å². The van der Waals surface area contributed by atoms with E-state index >= 15 is 0 Å². The van der Waals surface area contributed by atoms with Gasteiger partial charge in [-0.15, -0.1) is 0 Å². The third-order valence-corrected chi connectivity index (χ3v) is 4.11. The molecule has 4 nitrogen and oxygen atoms in total. The fourth-order valence-electron chi connectivity index (χ4n) is 1.33. The van der Waals surface area contributed by atoms with Crippen molar-refractivity contribution in [3.05, 3.63) is 0 Å². The van der Waals surface area contributed by atoms with Gasteiger partial charge in [-0.3, -0.25) is 0 Å². The summed E-state index contributed by atoms with van der Waals surface area (Å²) in [4.78, 5) is 0. The number of hydrogen-bond acceptors (Lipinski definition) is 3. The van der Waals surface area contributed by atoms with E-state index in [1.165, 1.54) is 0 Å². The summed E-state index contributed by atoms with van der Waals surface area (Å²) in [5, 5.41) is 0. The summed E-state index contributed by atoms with van der Waals surface area (Å²) in [6, 6.07) is -0.126. The molecule has 0 aromatic heterocycles. The molecule has 0 bridgehead atoms. The molecule has 0 radical (unpaired) electrons. The molecule has 0 aromatic rings. The Morgan fingerprint density at radius 2 is 2.00 bits per heavy atom. The van der Waals surface area contributed by atoms with Gasteiger partial charge in [-0.1, -0.05) is 13.8 Å². The molecule has 3 N–H and O–H groups in total. The number of sulfonamides is 1. The average molecular weight is 220 g/mol. The third kappa shape index (κ3) is 3.94. The summed E-state index contributed by atoms with van der Waals surface area (Å²) < 4.78 is 25.8. The maximum absolute atomic E-state index is 11.6. The van der Waals surface area contributed by atoms with Crippen molar-refractivity contribution in [2.75, 3.05) is 12.3 Å². The predicted molar refractivity (Wildman–Crippen MR) is 57.3 cm³/mol. The van der Waals surface area contributed by atoms with Crippen LogP contribution in [0.4, 0.5) is 0 Å². The zero-order valence-electron chi connectivity index (χ0n) is 8.86. The Morgan fingerprint density at radius 3 is 2.36 bits per heavy atom. The van der Waals surface area contributed by atoms with Gasteiger partial charge in [0.1, 0.15) is 0 Å². The first kappa shape index (κ1) is 11.9. The molecule has 1 aliphatic carbocycles. The quantitative estimate of drug-likeness (QED) is 0.676. The molecule has 84 valence electrons. The van der Waals surface area contributed by atoms with Crippen LogP contribution in [0.5, 0.6) is 0 Å². The largest absolute Gasteiger partial charge is 0.329 e. The lowest BCUT2D eigenvalue weighted by atomic mass is 10.1. The highest BCUT2D eigenvalue weighted by Gasteiger charge is 2.29. The molecular weight excluding hydrogens is 200 g/mol. The fourth-order valence-corrected chi connectivity index (χ4v) is 3.21. The van der Waals surface area contributed by atoms with E-state index in [-0.39, 0.29) is 17.7 Å². The SMILES string of the molecule is CC(C)C(CN)NS(=O)(=O)CC1CC1. The minimum absolute atomic E-state index is 0.126. The maximum Gasteiger partial charge on any atom is 0.212 e. The number of nitrogens with one attached hydrogen (secondary N) is 1. The lowest BCUT2D eigenvalue weighted by Crippen LogP contribution is -2.44. The van der Waals surface area contributed by atoms with E-state index in [0.29, 0.717) is 12.5 Å². The second-order valence-corrected chi connectivity index (χ2v) is 6.23. The second-order valence-electron chi connectivity index (χ2n) is 4.43. The van der Waals surface area contributed by atoms with Crippen LogP contribution in [-0.2, 0) is 10.0 Å². The molecule has 0 heterocycles.